The maximum atomic E-state index is 13.1. The Hall–Kier alpha value is -2.89. The molecular formula is C22H27N3O3. The van der Waals surface area contributed by atoms with Gasteiger partial charge in [0.15, 0.2) is 5.78 Å². The van der Waals surface area contributed by atoms with E-state index in [4.69, 9.17) is 0 Å². The Morgan fingerprint density at radius 3 is 2.32 bits per heavy atom. The molecule has 0 saturated carbocycles. The van der Waals surface area contributed by atoms with Crippen molar-refractivity contribution < 1.29 is 14.4 Å². The molecule has 1 atom stereocenters. The summed E-state index contributed by atoms with van der Waals surface area (Å²) >= 11 is 0. The van der Waals surface area contributed by atoms with Gasteiger partial charge in [-0.3, -0.25) is 14.5 Å². The van der Waals surface area contributed by atoms with Gasteiger partial charge in [-0.2, -0.15) is 0 Å². The van der Waals surface area contributed by atoms with Gasteiger partial charge in [-0.15, -0.1) is 0 Å². The summed E-state index contributed by atoms with van der Waals surface area (Å²) in [4.78, 5) is 39.3. The normalized spacial score (nSPS) is 19.2. The molecule has 6 nitrogen and oxygen atoms in total. The maximum absolute atomic E-state index is 13.1. The van der Waals surface area contributed by atoms with Gasteiger partial charge >= 0.3 is 6.03 Å². The fourth-order valence-corrected chi connectivity index (χ4v) is 3.70. The minimum absolute atomic E-state index is 0.243. The highest BCUT2D eigenvalue weighted by Crippen LogP contribution is 2.29. The van der Waals surface area contributed by atoms with Crippen molar-refractivity contribution in [3.63, 3.8) is 0 Å². The molecule has 0 spiro atoms. The first-order valence-corrected chi connectivity index (χ1v) is 9.58. The van der Waals surface area contributed by atoms with E-state index in [9.17, 15) is 14.4 Å². The number of urea groups is 1. The van der Waals surface area contributed by atoms with E-state index >= 15 is 0 Å². The van der Waals surface area contributed by atoms with Gasteiger partial charge in [0.2, 0.25) is 0 Å². The second kappa shape index (κ2) is 7.26. The Labute approximate surface area is 165 Å². The summed E-state index contributed by atoms with van der Waals surface area (Å²) in [6.45, 7) is 7.30. The second-order valence-corrected chi connectivity index (χ2v) is 7.66. The molecule has 2 aromatic rings. The van der Waals surface area contributed by atoms with Gasteiger partial charge in [0.25, 0.3) is 5.91 Å². The highest BCUT2D eigenvalue weighted by atomic mass is 16.2. The summed E-state index contributed by atoms with van der Waals surface area (Å²) in [6.07, 6.45) is 2.01. The van der Waals surface area contributed by atoms with Crippen LogP contribution in [0.5, 0.6) is 0 Å². The van der Waals surface area contributed by atoms with Gasteiger partial charge in [-0.1, -0.05) is 37.6 Å². The number of aromatic nitrogens is 1. The number of nitrogens with zero attached hydrogens (tertiary/aromatic N) is 2. The van der Waals surface area contributed by atoms with Crippen molar-refractivity contribution in [3.8, 4) is 0 Å². The lowest BCUT2D eigenvalue weighted by Crippen LogP contribution is -2.41. The standard InChI is InChI=1S/C22H27N3O3/c1-6-7-16-8-10-17(11-9-16)22(4)20(27)25(21(28)23-22)13-19(26)18-12-14(2)24(5)15(18)3/h8-12H,6-7,13H2,1-5H3,(H,23,28)/t22-/m0/s1. The van der Waals surface area contributed by atoms with Crippen LogP contribution in [-0.2, 0) is 23.8 Å². The zero-order valence-corrected chi connectivity index (χ0v) is 17.1. The number of hydrogen-bond acceptors (Lipinski definition) is 3. The molecule has 1 fully saturated rings. The molecule has 6 heteroatoms. The van der Waals surface area contributed by atoms with Gasteiger partial charge < -0.3 is 9.88 Å². The molecule has 0 radical (unpaired) electrons. The lowest BCUT2D eigenvalue weighted by Gasteiger charge is -2.22. The minimum Gasteiger partial charge on any atom is -0.351 e. The minimum atomic E-state index is -1.16. The SMILES string of the molecule is CCCc1ccc([C@]2(C)NC(=O)N(CC(=O)c3cc(C)n(C)c3C)C2=O)cc1. The van der Waals surface area contributed by atoms with E-state index in [0.29, 0.717) is 11.1 Å². The van der Waals surface area contributed by atoms with E-state index in [1.165, 1.54) is 5.56 Å². The van der Waals surface area contributed by atoms with E-state index < -0.39 is 17.5 Å². The number of hydrogen-bond donors (Lipinski definition) is 1. The summed E-state index contributed by atoms with van der Waals surface area (Å²) in [5.41, 5.74) is 3.06. The number of ketones is 1. The molecule has 1 aliphatic rings. The van der Waals surface area contributed by atoms with Crippen molar-refractivity contribution in [1.29, 1.82) is 0 Å². The predicted octanol–water partition coefficient (Wildman–Crippen LogP) is 3.24. The predicted molar refractivity (Wildman–Crippen MR) is 107 cm³/mol. The van der Waals surface area contributed by atoms with E-state index in [1.54, 1.807) is 13.0 Å². The number of imide groups is 1. The van der Waals surface area contributed by atoms with Crippen LogP contribution in [0.15, 0.2) is 30.3 Å². The number of aryl methyl sites for hydroxylation is 2. The van der Waals surface area contributed by atoms with Gasteiger partial charge in [0.05, 0.1) is 6.54 Å². The first-order chi connectivity index (χ1) is 13.2. The smallest absolute Gasteiger partial charge is 0.325 e. The summed E-state index contributed by atoms with van der Waals surface area (Å²) in [5, 5.41) is 2.77. The van der Waals surface area contributed by atoms with E-state index in [0.717, 1.165) is 29.1 Å². The molecule has 28 heavy (non-hydrogen) atoms. The van der Waals surface area contributed by atoms with Crippen molar-refractivity contribution in [2.24, 2.45) is 7.05 Å². The van der Waals surface area contributed by atoms with Crippen LogP contribution in [0.1, 0.15) is 53.1 Å². The molecule has 0 aliphatic carbocycles. The van der Waals surface area contributed by atoms with Crippen molar-refractivity contribution >= 4 is 17.7 Å². The molecule has 1 aromatic heterocycles. The lowest BCUT2D eigenvalue weighted by molar-refractivity contribution is -0.130. The fourth-order valence-electron chi connectivity index (χ4n) is 3.70. The first kappa shape index (κ1) is 19.9. The number of Topliss-reactive ketones (excluding diaryl/α,β-unsaturated/α-hetero) is 1. The Balaban J connectivity index is 1.82. The average molecular weight is 381 g/mol. The summed E-state index contributed by atoms with van der Waals surface area (Å²) in [6, 6.07) is 8.96. The van der Waals surface area contributed by atoms with Crippen molar-refractivity contribution in [2.45, 2.75) is 46.1 Å². The number of nitrogens with one attached hydrogen (secondary N) is 1. The van der Waals surface area contributed by atoms with Crippen LogP contribution < -0.4 is 5.32 Å². The molecule has 3 amide bonds. The summed E-state index contributed by atoms with van der Waals surface area (Å²) < 4.78 is 1.92. The highest BCUT2D eigenvalue weighted by molar-refractivity contribution is 6.11. The molecule has 1 N–H and O–H groups in total. The van der Waals surface area contributed by atoms with Gasteiger partial charge in [0, 0.05) is 24.0 Å². The molecule has 0 unspecified atom stereocenters. The molecular weight excluding hydrogens is 354 g/mol. The molecule has 1 aliphatic heterocycles. The fraction of sp³-hybridized carbons (Fsp3) is 0.409. The topological polar surface area (TPSA) is 71.4 Å². The second-order valence-electron chi connectivity index (χ2n) is 7.66. The number of carbonyl (C=O) groups excluding carboxylic acids is 3. The molecule has 148 valence electrons. The van der Waals surface area contributed by atoms with Crippen molar-refractivity contribution in [2.75, 3.05) is 6.54 Å². The molecule has 1 saturated heterocycles. The van der Waals surface area contributed by atoms with Gasteiger partial charge in [-0.25, -0.2) is 4.79 Å². The zero-order chi connectivity index (χ0) is 20.6. The van der Waals surface area contributed by atoms with Crippen molar-refractivity contribution in [3.05, 3.63) is 58.4 Å². The van der Waals surface area contributed by atoms with Crippen LogP contribution in [0.4, 0.5) is 4.79 Å². The highest BCUT2D eigenvalue weighted by Gasteiger charge is 2.49. The quantitative estimate of drug-likeness (QED) is 0.617. The van der Waals surface area contributed by atoms with E-state index in [-0.39, 0.29) is 12.3 Å². The third kappa shape index (κ3) is 3.23. The monoisotopic (exact) mass is 381 g/mol. The average Bonchev–Trinajstić information content (AvgIpc) is 3.05. The van der Waals surface area contributed by atoms with Crippen LogP contribution >= 0.6 is 0 Å². The Morgan fingerprint density at radius 2 is 1.79 bits per heavy atom. The maximum Gasteiger partial charge on any atom is 0.325 e. The van der Waals surface area contributed by atoms with Crippen molar-refractivity contribution in [1.82, 2.24) is 14.8 Å². The molecule has 3 rings (SSSR count). The number of rotatable bonds is 6. The van der Waals surface area contributed by atoms with Crippen LogP contribution in [0.3, 0.4) is 0 Å². The van der Waals surface area contributed by atoms with Crippen LogP contribution in [0.25, 0.3) is 0 Å². The number of benzene rings is 1. The molecule has 1 aromatic carbocycles. The largest absolute Gasteiger partial charge is 0.351 e. The number of carbonyl (C=O) groups is 3. The van der Waals surface area contributed by atoms with E-state index in [1.807, 2.05) is 49.7 Å². The Bertz CT molecular complexity index is 943. The first-order valence-electron chi connectivity index (χ1n) is 9.58. The summed E-state index contributed by atoms with van der Waals surface area (Å²) in [5.74, 6) is -0.647. The molecule has 0 bridgehead atoms. The van der Waals surface area contributed by atoms with E-state index in [2.05, 4.69) is 12.2 Å². The van der Waals surface area contributed by atoms with Gasteiger partial charge in [-0.05, 0) is 44.4 Å². The lowest BCUT2D eigenvalue weighted by atomic mass is 9.91. The zero-order valence-electron chi connectivity index (χ0n) is 17.1. The van der Waals surface area contributed by atoms with Crippen LogP contribution in [-0.4, -0.2) is 33.7 Å². The van der Waals surface area contributed by atoms with Crippen LogP contribution in [0, 0.1) is 13.8 Å². The van der Waals surface area contributed by atoms with Gasteiger partial charge in [0.1, 0.15) is 5.54 Å². The third-order valence-corrected chi connectivity index (χ3v) is 5.72. The number of amides is 3. The van der Waals surface area contributed by atoms with Crippen LogP contribution in [0.2, 0.25) is 0 Å². The third-order valence-electron chi connectivity index (χ3n) is 5.72. The molecule has 2 heterocycles. The Morgan fingerprint density at radius 1 is 1.14 bits per heavy atom. The summed E-state index contributed by atoms with van der Waals surface area (Å²) in [7, 11) is 1.88. The Kier molecular flexibility index (Phi) is 5.15.